The van der Waals surface area contributed by atoms with Crippen LogP contribution in [0.25, 0.3) is 0 Å². The van der Waals surface area contributed by atoms with Gasteiger partial charge < -0.3 is 10.4 Å². The second-order valence-electron chi connectivity index (χ2n) is 5.17. The van der Waals surface area contributed by atoms with Gasteiger partial charge in [-0.15, -0.1) is 11.8 Å². The third-order valence-electron chi connectivity index (χ3n) is 3.81. The number of halogens is 1. The Balaban J connectivity index is 1.97. The van der Waals surface area contributed by atoms with Crippen molar-refractivity contribution < 1.29 is 9.90 Å². The third kappa shape index (κ3) is 3.90. The SMILES string of the molecule is CSc1ccc(Cl)c(C(=O)NCC2CCCCC2O)c1. The highest BCUT2D eigenvalue weighted by molar-refractivity contribution is 7.98. The van der Waals surface area contributed by atoms with E-state index in [0.717, 1.165) is 30.6 Å². The summed E-state index contributed by atoms with van der Waals surface area (Å²) >= 11 is 7.66. The van der Waals surface area contributed by atoms with Gasteiger partial charge in [-0.25, -0.2) is 0 Å². The molecule has 1 aliphatic rings. The van der Waals surface area contributed by atoms with Gasteiger partial charge in [0.25, 0.3) is 5.91 Å². The number of carbonyl (C=O) groups excluding carboxylic acids is 1. The van der Waals surface area contributed by atoms with E-state index in [9.17, 15) is 9.90 Å². The molecule has 0 radical (unpaired) electrons. The Kier molecular flexibility index (Phi) is 5.75. The fourth-order valence-corrected chi connectivity index (χ4v) is 3.19. The van der Waals surface area contributed by atoms with Crippen LogP contribution in [0.15, 0.2) is 23.1 Å². The van der Waals surface area contributed by atoms with Crippen LogP contribution in [0.4, 0.5) is 0 Å². The summed E-state index contributed by atoms with van der Waals surface area (Å²) in [6.07, 6.45) is 5.68. The van der Waals surface area contributed by atoms with Crippen molar-refractivity contribution in [3.63, 3.8) is 0 Å². The van der Waals surface area contributed by atoms with Crippen LogP contribution in [0.2, 0.25) is 5.02 Å². The van der Waals surface area contributed by atoms with Crippen molar-refractivity contribution in [1.82, 2.24) is 5.32 Å². The predicted molar refractivity (Wildman–Crippen MR) is 83.5 cm³/mol. The van der Waals surface area contributed by atoms with Crippen molar-refractivity contribution in [2.75, 3.05) is 12.8 Å². The van der Waals surface area contributed by atoms with Crippen molar-refractivity contribution in [2.24, 2.45) is 5.92 Å². The maximum Gasteiger partial charge on any atom is 0.252 e. The van der Waals surface area contributed by atoms with Crippen LogP contribution in [0, 0.1) is 5.92 Å². The number of benzene rings is 1. The number of hydrogen-bond donors (Lipinski definition) is 2. The summed E-state index contributed by atoms with van der Waals surface area (Å²) < 4.78 is 0. The quantitative estimate of drug-likeness (QED) is 0.838. The van der Waals surface area contributed by atoms with Gasteiger partial charge in [0.1, 0.15) is 0 Å². The van der Waals surface area contributed by atoms with Crippen LogP contribution in [0.1, 0.15) is 36.0 Å². The fraction of sp³-hybridized carbons (Fsp3) is 0.533. The monoisotopic (exact) mass is 313 g/mol. The molecule has 0 bridgehead atoms. The second kappa shape index (κ2) is 7.34. The van der Waals surface area contributed by atoms with Crippen molar-refractivity contribution in [3.8, 4) is 0 Å². The third-order valence-corrected chi connectivity index (χ3v) is 4.87. The topological polar surface area (TPSA) is 49.3 Å². The number of hydrogen-bond acceptors (Lipinski definition) is 3. The molecule has 0 aliphatic heterocycles. The molecule has 1 saturated carbocycles. The van der Waals surface area contributed by atoms with Gasteiger partial charge in [0.05, 0.1) is 16.7 Å². The molecular formula is C15H20ClNO2S. The Hall–Kier alpha value is -0.710. The average Bonchev–Trinajstić information content (AvgIpc) is 2.46. The van der Waals surface area contributed by atoms with E-state index in [4.69, 9.17) is 11.6 Å². The second-order valence-corrected chi connectivity index (χ2v) is 6.45. The zero-order chi connectivity index (χ0) is 14.5. The summed E-state index contributed by atoms with van der Waals surface area (Å²) in [5, 5.41) is 13.3. The zero-order valence-electron chi connectivity index (χ0n) is 11.6. The van der Waals surface area contributed by atoms with Gasteiger partial charge in [-0.3, -0.25) is 4.79 Å². The molecule has 1 aliphatic carbocycles. The van der Waals surface area contributed by atoms with E-state index in [1.807, 2.05) is 12.3 Å². The van der Waals surface area contributed by atoms with Gasteiger partial charge in [0, 0.05) is 17.4 Å². The molecule has 2 atom stereocenters. The highest BCUT2D eigenvalue weighted by atomic mass is 35.5. The highest BCUT2D eigenvalue weighted by Gasteiger charge is 2.23. The predicted octanol–water partition coefficient (Wildman–Crippen LogP) is 3.34. The molecule has 2 rings (SSSR count). The normalized spacial score (nSPS) is 22.6. The molecule has 110 valence electrons. The number of amides is 1. The molecule has 0 aromatic heterocycles. The van der Waals surface area contributed by atoms with Crippen molar-refractivity contribution >= 4 is 29.3 Å². The van der Waals surface area contributed by atoms with Crippen molar-refractivity contribution in [2.45, 2.75) is 36.7 Å². The van der Waals surface area contributed by atoms with E-state index in [0.29, 0.717) is 17.1 Å². The molecule has 3 nitrogen and oxygen atoms in total. The van der Waals surface area contributed by atoms with E-state index >= 15 is 0 Å². The Bertz CT molecular complexity index is 481. The number of thioether (sulfide) groups is 1. The van der Waals surface area contributed by atoms with E-state index in [2.05, 4.69) is 5.32 Å². The number of aliphatic hydroxyl groups is 1. The van der Waals surface area contributed by atoms with E-state index < -0.39 is 0 Å². The van der Waals surface area contributed by atoms with Gasteiger partial charge in [0.2, 0.25) is 0 Å². The number of carbonyl (C=O) groups is 1. The minimum absolute atomic E-state index is 0.162. The molecule has 1 amide bonds. The Morgan fingerprint density at radius 3 is 2.90 bits per heavy atom. The van der Waals surface area contributed by atoms with Gasteiger partial charge in [-0.2, -0.15) is 0 Å². The van der Waals surface area contributed by atoms with Gasteiger partial charge in [-0.05, 0) is 37.3 Å². The first-order chi connectivity index (χ1) is 9.61. The maximum absolute atomic E-state index is 12.2. The average molecular weight is 314 g/mol. The van der Waals surface area contributed by atoms with E-state index in [1.54, 1.807) is 23.9 Å². The van der Waals surface area contributed by atoms with E-state index in [1.165, 1.54) is 0 Å². The van der Waals surface area contributed by atoms with Crippen molar-refractivity contribution in [3.05, 3.63) is 28.8 Å². The lowest BCUT2D eigenvalue weighted by molar-refractivity contribution is 0.0663. The molecule has 0 spiro atoms. The number of nitrogens with one attached hydrogen (secondary N) is 1. The van der Waals surface area contributed by atoms with Crippen LogP contribution in [0.3, 0.4) is 0 Å². The lowest BCUT2D eigenvalue weighted by Crippen LogP contribution is -2.36. The zero-order valence-corrected chi connectivity index (χ0v) is 13.1. The first kappa shape index (κ1) is 15.7. The van der Waals surface area contributed by atoms with Crippen LogP contribution in [-0.2, 0) is 0 Å². The molecule has 0 heterocycles. The maximum atomic E-state index is 12.2. The van der Waals surface area contributed by atoms with Crippen LogP contribution in [-0.4, -0.2) is 29.9 Å². The Morgan fingerprint density at radius 2 is 2.20 bits per heavy atom. The molecule has 5 heteroatoms. The first-order valence-electron chi connectivity index (χ1n) is 6.91. The Labute approximate surface area is 129 Å². The number of aliphatic hydroxyl groups excluding tert-OH is 1. The summed E-state index contributed by atoms with van der Waals surface area (Å²) in [5.74, 6) is -0.00104. The summed E-state index contributed by atoms with van der Waals surface area (Å²) in [5.41, 5.74) is 0.504. The molecule has 2 unspecified atom stereocenters. The van der Waals surface area contributed by atoms with Gasteiger partial charge in [0.15, 0.2) is 0 Å². The molecule has 2 N–H and O–H groups in total. The van der Waals surface area contributed by atoms with Crippen molar-refractivity contribution in [1.29, 1.82) is 0 Å². The molecule has 1 aromatic carbocycles. The van der Waals surface area contributed by atoms with Crippen LogP contribution < -0.4 is 5.32 Å². The number of rotatable bonds is 4. The molecule has 20 heavy (non-hydrogen) atoms. The first-order valence-corrected chi connectivity index (χ1v) is 8.52. The largest absolute Gasteiger partial charge is 0.393 e. The summed E-state index contributed by atoms with van der Waals surface area (Å²) in [6.45, 7) is 0.514. The molecule has 1 aromatic rings. The van der Waals surface area contributed by atoms with Crippen LogP contribution >= 0.6 is 23.4 Å². The van der Waals surface area contributed by atoms with Gasteiger partial charge >= 0.3 is 0 Å². The minimum atomic E-state index is -0.294. The lowest BCUT2D eigenvalue weighted by Gasteiger charge is -2.27. The smallest absolute Gasteiger partial charge is 0.252 e. The Morgan fingerprint density at radius 1 is 1.45 bits per heavy atom. The lowest BCUT2D eigenvalue weighted by atomic mass is 9.86. The fourth-order valence-electron chi connectivity index (χ4n) is 2.55. The molecular weight excluding hydrogens is 294 g/mol. The van der Waals surface area contributed by atoms with E-state index in [-0.39, 0.29) is 17.9 Å². The highest BCUT2D eigenvalue weighted by Crippen LogP contribution is 2.25. The standard InChI is InChI=1S/C15H20ClNO2S/c1-20-11-6-7-13(16)12(8-11)15(19)17-9-10-4-2-3-5-14(10)18/h6-8,10,14,18H,2-5,9H2,1H3,(H,17,19). The molecule has 0 saturated heterocycles. The summed E-state index contributed by atoms with van der Waals surface area (Å²) in [6, 6.07) is 5.45. The summed E-state index contributed by atoms with van der Waals surface area (Å²) in [7, 11) is 0. The van der Waals surface area contributed by atoms with Gasteiger partial charge in [-0.1, -0.05) is 24.4 Å². The molecule has 1 fully saturated rings. The summed E-state index contributed by atoms with van der Waals surface area (Å²) in [4.78, 5) is 13.2. The van der Waals surface area contributed by atoms with Crippen LogP contribution in [0.5, 0.6) is 0 Å². The minimum Gasteiger partial charge on any atom is -0.393 e.